The Balaban J connectivity index is 1.86. The van der Waals surface area contributed by atoms with Crippen LogP contribution in [0.4, 0.5) is 0 Å². The van der Waals surface area contributed by atoms with Crippen molar-refractivity contribution in [2.45, 2.75) is 51.5 Å². The van der Waals surface area contributed by atoms with Crippen LogP contribution in [-0.2, 0) is 6.54 Å². The fourth-order valence-electron chi connectivity index (χ4n) is 2.05. The van der Waals surface area contributed by atoms with Gasteiger partial charge in [0, 0.05) is 5.92 Å². The van der Waals surface area contributed by atoms with Gasteiger partial charge in [0.1, 0.15) is 0 Å². The molecule has 0 atom stereocenters. The molecule has 0 saturated heterocycles. The van der Waals surface area contributed by atoms with Crippen LogP contribution in [0.5, 0.6) is 0 Å². The number of rotatable bonds is 5. The zero-order valence-electron chi connectivity index (χ0n) is 9.33. The Kier molecular flexibility index (Phi) is 3.72. The molecule has 1 saturated carbocycles. The molecule has 0 radical (unpaired) electrons. The van der Waals surface area contributed by atoms with Crippen molar-refractivity contribution in [2.75, 3.05) is 6.54 Å². The van der Waals surface area contributed by atoms with Crippen LogP contribution in [0, 0.1) is 0 Å². The van der Waals surface area contributed by atoms with Crippen molar-refractivity contribution in [3.8, 4) is 0 Å². The van der Waals surface area contributed by atoms with Crippen LogP contribution < -0.4 is 5.32 Å². The number of aromatic nitrogens is 2. The molecule has 2 rings (SSSR count). The number of hydrogen-bond acceptors (Lipinski definition) is 4. The van der Waals surface area contributed by atoms with Crippen molar-refractivity contribution in [2.24, 2.45) is 0 Å². The van der Waals surface area contributed by atoms with Gasteiger partial charge in [0.2, 0.25) is 11.8 Å². The fourth-order valence-corrected chi connectivity index (χ4v) is 2.05. The normalized spacial score (nSPS) is 17.4. The summed E-state index contributed by atoms with van der Waals surface area (Å²) < 4.78 is 5.63. The van der Waals surface area contributed by atoms with E-state index in [0.717, 1.165) is 24.7 Å². The zero-order valence-corrected chi connectivity index (χ0v) is 9.33. The first-order valence-electron chi connectivity index (χ1n) is 5.93. The Morgan fingerprint density at radius 2 is 2.13 bits per heavy atom. The molecule has 0 spiro atoms. The molecule has 0 amide bonds. The molecular weight excluding hydrogens is 190 g/mol. The smallest absolute Gasteiger partial charge is 0.230 e. The maximum Gasteiger partial charge on any atom is 0.230 e. The van der Waals surface area contributed by atoms with E-state index in [9.17, 15) is 0 Å². The predicted octanol–water partition coefficient (Wildman–Crippen LogP) is 2.23. The fraction of sp³-hybridized carbons (Fsp3) is 0.818. The Morgan fingerprint density at radius 1 is 1.33 bits per heavy atom. The highest BCUT2D eigenvalue weighted by molar-refractivity contribution is 4.94. The molecule has 0 aliphatic heterocycles. The molecule has 1 aromatic rings. The Labute approximate surface area is 90.5 Å². The van der Waals surface area contributed by atoms with E-state index in [-0.39, 0.29) is 0 Å². The monoisotopic (exact) mass is 209 g/mol. The van der Waals surface area contributed by atoms with Crippen molar-refractivity contribution < 1.29 is 4.42 Å². The average molecular weight is 209 g/mol. The van der Waals surface area contributed by atoms with Gasteiger partial charge in [0.15, 0.2) is 0 Å². The topological polar surface area (TPSA) is 51.0 Å². The van der Waals surface area contributed by atoms with Gasteiger partial charge in [-0.2, -0.15) is 0 Å². The molecule has 1 heterocycles. The van der Waals surface area contributed by atoms with Crippen LogP contribution in [0.1, 0.15) is 56.7 Å². The third-order valence-corrected chi connectivity index (χ3v) is 2.89. The van der Waals surface area contributed by atoms with Crippen LogP contribution in [0.25, 0.3) is 0 Å². The van der Waals surface area contributed by atoms with Gasteiger partial charge in [-0.15, -0.1) is 10.2 Å². The van der Waals surface area contributed by atoms with Crippen molar-refractivity contribution >= 4 is 0 Å². The van der Waals surface area contributed by atoms with Crippen molar-refractivity contribution in [3.63, 3.8) is 0 Å². The van der Waals surface area contributed by atoms with Gasteiger partial charge in [-0.05, 0) is 25.8 Å². The van der Waals surface area contributed by atoms with E-state index in [1.165, 1.54) is 25.7 Å². The molecule has 84 valence electrons. The first-order chi connectivity index (χ1) is 7.40. The molecule has 1 aliphatic carbocycles. The molecule has 4 heteroatoms. The lowest BCUT2D eigenvalue weighted by atomic mass is 10.1. The van der Waals surface area contributed by atoms with Crippen LogP contribution >= 0.6 is 0 Å². The van der Waals surface area contributed by atoms with Crippen molar-refractivity contribution in [1.82, 2.24) is 15.5 Å². The maximum absolute atomic E-state index is 5.63. The summed E-state index contributed by atoms with van der Waals surface area (Å²) >= 11 is 0. The van der Waals surface area contributed by atoms with Gasteiger partial charge in [-0.3, -0.25) is 0 Å². The van der Waals surface area contributed by atoms with Crippen molar-refractivity contribution in [1.29, 1.82) is 0 Å². The molecule has 4 nitrogen and oxygen atoms in total. The third-order valence-electron chi connectivity index (χ3n) is 2.89. The minimum atomic E-state index is 0.525. The summed E-state index contributed by atoms with van der Waals surface area (Å²) in [6.45, 7) is 3.85. The average Bonchev–Trinajstić information content (AvgIpc) is 2.87. The second-order valence-corrected chi connectivity index (χ2v) is 4.19. The van der Waals surface area contributed by atoms with E-state index in [4.69, 9.17) is 4.42 Å². The highest BCUT2D eigenvalue weighted by Crippen LogP contribution is 2.32. The van der Waals surface area contributed by atoms with Crippen molar-refractivity contribution in [3.05, 3.63) is 11.8 Å². The van der Waals surface area contributed by atoms with Gasteiger partial charge in [0.05, 0.1) is 6.54 Å². The van der Waals surface area contributed by atoms with E-state index in [0.29, 0.717) is 12.5 Å². The lowest BCUT2D eigenvalue weighted by molar-refractivity contribution is 0.404. The summed E-state index contributed by atoms with van der Waals surface area (Å²) in [4.78, 5) is 0. The summed E-state index contributed by atoms with van der Waals surface area (Å²) in [6.07, 6.45) is 6.16. The summed E-state index contributed by atoms with van der Waals surface area (Å²) in [6, 6.07) is 0. The van der Waals surface area contributed by atoms with Crippen LogP contribution in [-0.4, -0.2) is 16.7 Å². The molecule has 0 aromatic carbocycles. The molecule has 0 bridgehead atoms. The van der Waals surface area contributed by atoms with Crippen LogP contribution in [0.2, 0.25) is 0 Å². The minimum Gasteiger partial charge on any atom is -0.424 e. The minimum absolute atomic E-state index is 0.525. The van der Waals surface area contributed by atoms with Gasteiger partial charge in [-0.1, -0.05) is 19.8 Å². The molecule has 1 fully saturated rings. The molecule has 0 unspecified atom stereocenters. The van der Waals surface area contributed by atoms with E-state index in [1.54, 1.807) is 0 Å². The standard InChI is InChI=1S/C11H19N3O/c1-2-7-12-8-10-13-14-11(15-10)9-5-3-4-6-9/h9,12H,2-8H2,1H3. The van der Waals surface area contributed by atoms with Gasteiger partial charge >= 0.3 is 0 Å². The summed E-state index contributed by atoms with van der Waals surface area (Å²) in [5, 5.41) is 11.4. The van der Waals surface area contributed by atoms with Crippen LogP contribution in [0.3, 0.4) is 0 Å². The Morgan fingerprint density at radius 3 is 2.87 bits per heavy atom. The number of nitrogens with one attached hydrogen (secondary N) is 1. The van der Waals surface area contributed by atoms with E-state index >= 15 is 0 Å². The van der Waals surface area contributed by atoms with E-state index in [1.807, 2.05) is 0 Å². The van der Waals surface area contributed by atoms with Crippen LogP contribution in [0.15, 0.2) is 4.42 Å². The number of nitrogens with zero attached hydrogens (tertiary/aromatic N) is 2. The van der Waals surface area contributed by atoms with Gasteiger partial charge in [0.25, 0.3) is 0 Å². The number of hydrogen-bond donors (Lipinski definition) is 1. The summed E-state index contributed by atoms with van der Waals surface area (Å²) in [7, 11) is 0. The molecular formula is C11H19N3O. The second kappa shape index (κ2) is 5.26. The molecule has 1 aromatic heterocycles. The third kappa shape index (κ3) is 2.78. The highest BCUT2D eigenvalue weighted by atomic mass is 16.4. The summed E-state index contributed by atoms with van der Waals surface area (Å²) in [5.41, 5.74) is 0. The predicted molar refractivity (Wildman–Crippen MR) is 57.5 cm³/mol. The molecule has 15 heavy (non-hydrogen) atoms. The van der Waals surface area contributed by atoms with Gasteiger partial charge < -0.3 is 9.73 Å². The Bertz CT molecular complexity index is 292. The maximum atomic E-state index is 5.63. The SMILES string of the molecule is CCCNCc1nnc(C2CCCC2)o1. The first-order valence-corrected chi connectivity index (χ1v) is 5.93. The lowest BCUT2D eigenvalue weighted by Crippen LogP contribution is -2.13. The molecule has 1 aliphatic rings. The quantitative estimate of drug-likeness (QED) is 0.755. The van der Waals surface area contributed by atoms with E-state index in [2.05, 4.69) is 22.4 Å². The highest BCUT2D eigenvalue weighted by Gasteiger charge is 2.22. The summed E-state index contributed by atoms with van der Waals surface area (Å²) in [5.74, 6) is 2.10. The van der Waals surface area contributed by atoms with E-state index < -0.39 is 0 Å². The Hall–Kier alpha value is -0.900. The largest absolute Gasteiger partial charge is 0.424 e. The zero-order chi connectivity index (χ0) is 10.5. The van der Waals surface area contributed by atoms with Gasteiger partial charge in [-0.25, -0.2) is 0 Å². The first kappa shape index (κ1) is 10.6. The lowest BCUT2D eigenvalue weighted by Gasteiger charge is -2.00. The second-order valence-electron chi connectivity index (χ2n) is 4.19. The molecule has 1 N–H and O–H groups in total.